The van der Waals surface area contributed by atoms with Gasteiger partial charge in [-0.1, -0.05) is 19.1 Å². The van der Waals surface area contributed by atoms with E-state index in [4.69, 9.17) is 0 Å². The van der Waals surface area contributed by atoms with Gasteiger partial charge < -0.3 is 0 Å². The first-order chi connectivity index (χ1) is 12.2. The van der Waals surface area contributed by atoms with Gasteiger partial charge in [0.2, 0.25) is 0 Å². The van der Waals surface area contributed by atoms with Crippen molar-refractivity contribution in [1.29, 1.82) is 0 Å². The van der Waals surface area contributed by atoms with Gasteiger partial charge in [-0.25, -0.2) is 0 Å². The lowest BCUT2D eigenvalue weighted by molar-refractivity contribution is 0.105. The van der Waals surface area contributed by atoms with Crippen LogP contribution in [0.5, 0.6) is 0 Å². The number of rotatable bonds is 4. The van der Waals surface area contributed by atoms with Crippen LogP contribution in [0.4, 0.5) is 0 Å². The van der Waals surface area contributed by atoms with Gasteiger partial charge >= 0.3 is 0 Å². The minimum Gasteiger partial charge on any atom is -0.0914 e. The van der Waals surface area contributed by atoms with Crippen LogP contribution in [0, 0.1) is 47.3 Å². The average molecular weight is 343 g/mol. The molecule has 0 radical (unpaired) electrons. The van der Waals surface area contributed by atoms with Crippen LogP contribution in [-0.2, 0) is 0 Å². The van der Waals surface area contributed by atoms with Crippen LogP contribution >= 0.6 is 0 Å². The molecule has 0 aromatic heterocycles. The lowest BCUT2D eigenvalue weighted by atomic mass is 9.65. The Balaban J connectivity index is 1.18. The fraction of sp³-hybridized carbons (Fsp3) is 0.920. The summed E-state index contributed by atoms with van der Waals surface area (Å²) < 4.78 is 0. The van der Waals surface area contributed by atoms with Gasteiger partial charge in [-0.15, -0.1) is 0 Å². The SMILES string of the molecule is C/C=C/C1CCC(C2CCC(C3CCC(C4CC4C)CC3)CC2)CC1. The van der Waals surface area contributed by atoms with Gasteiger partial charge in [-0.3, -0.25) is 0 Å². The van der Waals surface area contributed by atoms with E-state index < -0.39 is 0 Å². The molecular formula is C25H42. The molecule has 0 amide bonds. The molecule has 0 aromatic rings. The van der Waals surface area contributed by atoms with E-state index in [1.165, 1.54) is 25.7 Å². The number of hydrogen-bond donors (Lipinski definition) is 0. The first-order valence-corrected chi connectivity index (χ1v) is 11.9. The Morgan fingerprint density at radius 1 is 0.560 bits per heavy atom. The minimum atomic E-state index is 0.905. The summed E-state index contributed by atoms with van der Waals surface area (Å²) in [5.41, 5.74) is 0. The maximum atomic E-state index is 2.48. The van der Waals surface area contributed by atoms with Crippen molar-refractivity contribution in [2.24, 2.45) is 47.3 Å². The Labute approximate surface area is 157 Å². The Hall–Kier alpha value is -0.260. The Kier molecular flexibility index (Phi) is 5.93. The zero-order valence-electron chi connectivity index (χ0n) is 17.0. The third-order valence-corrected chi connectivity index (χ3v) is 9.02. The fourth-order valence-corrected chi connectivity index (χ4v) is 7.22. The van der Waals surface area contributed by atoms with E-state index in [2.05, 4.69) is 26.0 Å². The summed E-state index contributed by atoms with van der Waals surface area (Å²) in [5, 5.41) is 0. The second-order valence-electron chi connectivity index (χ2n) is 10.4. The highest BCUT2D eigenvalue weighted by molar-refractivity contribution is 4.93. The van der Waals surface area contributed by atoms with Crippen molar-refractivity contribution in [3.05, 3.63) is 12.2 Å². The van der Waals surface area contributed by atoms with Gasteiger partial charge in [0.15, 0.2) is 0 Å². The molecule has 0 saturated heterocycles. The average Bonchev–Trinajstić information content (AvgIpc) is 3.40. The predicted octanol–water partition coefficient (Wildman–Crippen LogP) is 7.64. The second-order valence-corrected chi connectivity index (χ2v) is 10.4. The Bertz CT molecular complexity index is 425. The number of hydrogen-bond acceptors (Lipinski definition) is 0. The number of allylic oxidation sites excluding steroid dienone is 2. The molecule has 0 aliphatic heterocycles. The van der Waals surface area contributed by atoms with E-state index in [0.717, 1.165) is 47.3 Å². The maximum absolute atomic E-state index is 2.48. The van der Waals surface area contributed by atoms with E-state index in [-0.39, 0.29) is 0 Å². The molecule has 25 heavy (non-hydrogen) atoms. The third-order valence-electron chi connectivity index (χ3n) is 9.02. The third kappa shape index (κ3) is 4.36. The molecule has 2 atom stereocenters. The second kappa shape index (κ2) is 8.18. The zero-order valence-corrected chi connectivity index (χ0v) is 17.0. The molecule has 0 heteroatoms. The monoisotopic (exact) mass is 342 g/mol. The van der Waals surface area contributed by atoms with E-state index in [1.54, 1.807) is 57.8 Å². The molecule has 0 nitrogen and oxygen atoms in total. The smallest absolute Gasteiger partial charge is 0.0233 e. The molecule has 0 aromatic carbocycles. The molecular weight excluding hydrogens is 300 g/mol. The van der Waals surface area contributed by atoms with E-state index in [9.17, 15) is 0 Å². The van der Waals surface area contributed by atoms with Gasteiger partial charge in [0.05, 0.1) is 0 Å². The van der Waals surface area contributed by atoms with E-state index in [1.807, 2.05) is 0 Å². The van der Waals surface area contributed by atoms with Crippen molar-refractivity contribution in [2.75, 3.05) is 0 Å². The fourth-order valence-electron chi connectivity index (χ4n) is 7.22. The van der Waals surface area contributed by atoms with Crippen LogP contribution in [0.25, 0.3) is 0 Å². The molecule has 4 aliphatic carbocycles. The molecule has 0 heterocycles. The summed E-state index contributed by atoms with van der Waals surface area (Å²) in [6.45, 7) is 4.66. The Morgan fingerprint density at radius 3 is 1.28 bits per heavy atom. The largest absolute Gasteiger partial charge is 0.0914 e. The summed E-state index contributed by atoms with van der Waals surface area (Å²) in [6, 6.07) is 0. The summed E-state index contributed by atoms with van der Waals surface area (Å²) >= 11 is 0. The highest BCUT2D eigenvalue weighted by atomic mass is 14.5. The lowest BCUT2D eigenvalue weighted by Crippen LogP contribution is -2.30. The van der Waals surface area contributed by atoms with Gasteiger partial charge in [0.1, 0.15) is 0 Å². The van der Waals surface area contributed by atoms with E-state index >= 15 is 0 Å². The molecule has 4 saturated carbocycles. The van der Waals surface area contributed by atoms with Crippen molar-refractivity contribution in [3.8, 4) is 0 Å². The van der Waals surface area contributed by atoms with Crippen molar-refractivity contribution in [3.63, 3.8) is 0 Å². The maximum Gasteiger partial charge on any atom is -0.0233 e. The molecule has 0 spiro atoms. The molecule has 0 N–H and O–H groups in total. The van der Waals surface area contributed by atoms with Crippen LogP contribution in [0.3, 0.4) is 0 Å². The Morgan fingerprint density at radius 2 is 0.920 bits per heavy atom. The molecule has 2 unspecified atom stereocenters. The quantitative estimate of drug-likeness (QED) is 0.460. The summed E-state index contributed by atoms with van der Waals surface area (Å²) in [6.07, 6.45) is 24.9. The first-order valence-electron chi connectivity index (χ1n) is 11.9. The molecule has 0 bridgehead atoms. The van der Waals surface area contributed by atoms with Crippen LogP contribution in [0.2, 0.25) is 0 Å². The molecule has 4 fully saturated rings. The standard InChI is InChI=1S/C25H42/c1-3-4-19-5-7-20(8-6-19)21-9-11-22(12-10-21)23-13-15-24(16-14-23)25-17-18(25)2/h3-4,18-25H,5-17H2,1-2H3/b4-3+. The topological polar surface area (TPSA) is 0 Å². The predicted molar refractivity (Wildman–Crippen MR) is 108 cm³/mol. The van der Waals surface area contributed by atoms with Crippen LogP contribution in [0.1, 0.15) is 97.3 Å². The van der Waals surface area contributed by atoms with E-state index in [0.29, 0.717) is 0 Å². The summed E-state index contributed by atoms with van der Waals surface area (Å²) in [5.74, 6) is 8.61. The van der Waals surface area contributed by atoms with Gasteiger partial charge in [-0.2, -0.15) is 0 Å². The van der Waals surface area contributed by atoms with Crippen LogP contribution < -0.4 is 0 Å². The molecule has 142 valence electrons. The molecule has 4 aliphatic rings. The van der Waals surface area contributed by atoms with Crippen molar-refractivity contribution < 1.29 is 0 Å². The zero-order chi connectivity index (χ0) is 17.2. The van der Waals surface area contributed by atoms with Crippen molar-refractivity contribution in [2.45, 2.75) is 97.3 Å². The highest BCUT2D eigenvalue weighted by Crippen LogP contribution is 2.52. The summed E-state index contributed by atoms with van der Waals surface area (Å²) in [4.78, 5) is 0. The summed E-state index contributed by atoms with van der Waals surface area (Å²) in [7, 11) is 0. The normalized spacial score (nSPS) is 48.6. The van der Waals surface area contributed by atoms with Crippen LogP contribution in [0.15, 0.2) is 12.2 Å². The lowest BCUT2D eigenvalue weighted by Gasteiger charge is -2.41. The van der Waals surface area contributed by atoms with Gasteiger partial charge in [0, 0.05) is 0 Å². The molecule has 4 rings (SSSR count). The van der Waals surface area contributed by atoms with Crippen molar-refractivity contribution >= 4 is 0 Å². The van der Waals surface area contributed by atoms with Crippen LogP contribution in [-0.4, -0.2) is 0 Å². The highest BCUT2D eigenvalue weighted by Gasteiger charge is 2.42. The van der Waals surface area contributed by atoms with Gasteiger partial charge in [-0.05, 0) is 138 Å². The van der Waals surface area contributed by atoms with Gasteiger partial charge in [0.25, 0.3) is 0 Å². The minimum absolute atomic E-state index is 0.905. The van der Waals surface area contributed by atoms with Crippen molar-refractivity contribution in [1.82, 2.24) is 0 Å². The first kappa shape index (κ1) is 18.1.